The Balaban J connectivity index is 1.61. The van der Waals surface area contributed by atoms with Crippen LogP contribution in [0.4, 0.5) is 17.1 Å². The summed E-state index contributed by atoms with van der Waals surface area (Å²) in [4.78, 5) is 40.3. The highest BCUT2D eigenvalue weighted by atomic mass is 35.5. The molecule has 1 saturated heterocycles. The Morgan fingerprint density at radius 1 is 0.914 bits per heavy atom. The van der Waals surface area contributed by atoms with Gasteiger partial charge in [0.05, 0.1) is 17.4 Å². The maximum atomic E-state index is 13.5. The fraction of sp³-hybridized carbons (Fsp3) is 0.444. The van der Waals surface area contributed by atoms with Crippen molar-refractivity contribution >= 4 is 46.4 Å². The molecule has 2 unspecified atom stereocenters. The SMILES string of the molecule is Cc1ccc(Cl)cc1NC(=O)c1cc(NC(=O)C2CCCCC2C(=O)O)ccc1N1CCCCC1. The third kappa shape index (κ3) is 5.96. The van der Waals surface area contributed by atoms with Gasteiger partial charge >= 0.3 is 5.97 Å². The van der Waals surface area contributed by atoms with Gasteiger partial charge in [-0.2, -0.15) is 0 Å². The van der Waals surface area contributed by atoms with E-state index < -0.39 is 17.8 Å². The second-order valence-corrected chi connectivity index (χ2v) is 9.95. The molecule has 2 atom stereocenters. The number of anilines is 3. The minimum atomic E-state index is -0.928. The van der Waals surface area contributed by atoms with Gasteiger partial charge in [-0.15, -0.1) is 0 Å². The highest BCUT2D eigenvalue weighted by molar-refractivity contribution is 6.31. The minimum absolute atomic E-state index is 0.284. The van der Waals surface area contributed by atoms with Gasteiger partial charge in [-0.25, -0.2) is 0 Å². The zero-order valence-corrected chi connectivity index (χ0v) is 20.7. The molecular formula is C27H32ClN3O4. The molecule has 4 rings (SSSR count). The van der Waals surface area contributed by atoms with Gasteiger partial charge in [-0.3, -0.25) is 14.4 Å². The molecule has 0 bridgehead atoms. The lowest BCUT2D eigenvalue weighted by Crippen LogP contribution is -2.36. The topological polar surface area (TPSA) is 98.7 Å². The Morgan fingerprint density at radius 2 is 1.63 bits per heavy atom. The molecule has 2 aliphatic rings. The number of carboxylic acids is 1. The number of carbonyl (C=O) groups excluding carboxylic acids is 2. The number of nitrogens with zero attached hydrogens (tertiary/aromatic N) is 1. The highest BCUT2D eigenvalue weighted by Gasteiger charge is 2.35. The molecule has 2 aromatic rings. The summed E-state index contributed by atoms with van der Waals surface area (Å²) in [5.41, 5.74) is 3.29. The molecule has 2 aromatic carbocycles. The number of aliphatic carboxylic acids is 1. The summed E-state index contributed by atoms with van der Waals surface area (Å²) < 4.78 is 0. The van der Waals surface area contributed by atoms with E-state index in [2.05, 4.69) is 15.5 Å². The number of rotatable bonds is 6. The summed E-state index contributed by atoms with van der Waals surface area (Å²) in [5.74, 6) is -2.77. The maximum absolute atomic E-state index is 13.5. The summed E-state index contributed by atoms with van der Waals surface area (Å²) in [6.45, 7) is 3.63. The zero-order valence-electron chi connectivity index (χ0n) is 20.0. The van der Waals surface area contributed by atoms with Gasteiger partial charge in [-0.05, 0) is 74.9 Å². The fourth-order valence-electron chi connectivity index (χ4n) is 5.10. The fourth-order valence-corrected chi connectivity index (χ4v) is 5.27. The first kappa shape index (κ1) is 25.0. The number of benzene rings is 2. The van der Waals surface area contributed by atoms with E-state index in [0.29, 0.717) is 34.8 Å². The van der Waals surface area contributed by atoms with Gasteiger partial charge in [0.15, 0.2) is 0 Å². The quantitative estimate of drug-likeness (QED) is 0.474. The molecule has 0 spiro atoms. The van der Waals surface area contributed by atoms with Crippen molar-refractivity contribution in [3.63, 3.8) is 0 Å². The molecule has 2 amide bonds. The van der Waals surface area contributed by atoms with E-state index in [1.165, 1.54) is 6.42 Å². The van der Waals surface area contributed by atoms with Crippen LogP contribution in [-0.2, 0) is 9.59 Å². The normalized spacial score (nSPS) is 20.2. The number of hydrogen-bond donors (Lipinski definition) is 3. The lowest BCUT2D eigenvalue weighted by Gasteiger charge is -2.31. The smallest absolute Gasteiger partial charge is 0.307 e. The summed E-state index contributed by atoms with van der Waals surface area (Å²) in [5, 5.41) is 15.9. The number of hydrogen-bond acceptors (Lipinski definition) is 4. The van der Waals surface area contributed by atoms with Gasteiger partial charge in [-0.1, -0.05) is 30.5 Å². The van der Waals surface area contributed by atoms with Gasteiger partial charge < -0.3 is 20.6 Å². The molecule has 0 radical (unpaired) electrons. The molecule has 2 fully saturated rings. The molecule has 1 saturated carbocycles. The van der Waals surface area contributed by atoms with E-state index in [9.17, 15) is 19.5 Å². The van der Waals surface area contributed by atoms with Crippen molar-refractivity contribution in [3.8, 4) is 0 Å². The van der Waals surface area contributed by atoms with Crippen molar-refractivity contribution in [1.29, 1.82) is 0 Å². The van der Waals surface area contributed by atoms with Gasteiger partial charge in [0.1, 0.15) is 0 Å². The number of nitrogens with one attached hydrogen (secondary N) is 2. The standard InChI is InChI=1S/C27H32ClN3O4/c1-17-9-10-18(28)15-23(17)30-26(33)22-16-19(11-12-24(22)31-13-5-2-6-14-31)29-25(32)20-7-3-4-8-21(20)27(34)35/h9-12,15-16,20-21H,2-8,13-14H2,1H3,(H,29,32)(H,30,33)(H,34,35). The van der Waals surface area contributed by atoms with Crippen LogP contribution < -0.4 is 15.5 Å². The van der Waals surface area contributed by atoms with E-state index >= 15 is 0 Å². The van der Waals surface area contributed by atoms with Crippen LogP contribution in [-0.4, -0.2) is 36.0 Å². The van der Waals surface area contributed by atoms with Crippen LogP contribution in [0.3, 0.4) is 0 Å². The number of aryl methyl sites for hydroxylation is 1. The Hall–Kier alpha value is -3.06. The number of halogens is 1. The van der Waals surface area contributed by atoms with Gasteiger partial charge in [0.2, 0.25) is 5.91 Å². The highest BCUT2D eigenvalue weighted by Crippen LogP contribution is 2.33. The summed E-state index contributed by atoms with van der Waals surface area (Å²) in [6.07, 6.45) is 6.00. The van der Waals surface area contributed by atoms with Gasteiger partial charge in [0, 0.05) is 35.2 Å². The second kappa shape index (κ2) is 11.1. The third-order valence-electron chi connectivity index (χ3n) is 7.07. The van der Waals surface area contributed by atoms with E-state index in [0.717, 1.165) is 50.0 Å². The third-order valence-corrected chi connectivity index (χ3v) is 7.31. The van der Waals surface area contributed by atoms with Crippen molar-refractivity contribution in [2.75, 3.05) is 28.6 Å². The molecule has 1 heterocycles. The van der Waals surface area contributed by atoms with E-state index in [-0.39, 0.29) is 11.8 Å². The number of piperidine rings is 1. The lowest BCUT2D eigenvalue weighted by atomic mass is 9.78. The zero-order chi connectivity index (χ0) is 24.9. The monoisotopic (exact) mass is 497 g/mol. The first-order valence-electron chi connectivity index (χ1n) is 12.3. The van der Waals surface area contributed by atoms with E-state index in [1.54, 1.807) is 24.3 Å². The van der Waals surface area contributed by atoms with Crippen LogP contribution in [0.2, 0.25) is 5.02 Å². The predicted octanol–water partition coefficient (Wildman–Crippen LogP) is 5.72. The lowest BCUT2D eigenvalue weighted by molar-refractivity contribution is -0.147. The van der Waals surface area contributed by atoms with E-state index in [1.807, 2.05) is 19.1 Å². The summed E-state index contributed by atoms with van der Waals surface area (Å²) in [6, 6.07) is 10.7. The molecule has 1 aliphatic heterocycles. The van der Waals surface area contributed by atoms with Crippen LogP contribution in [0, 0.1) is 18.8 Å². The number of carbonyl (C=O) groups is 3. The molecule has 186 valence electrons. The molecular weight excluding hydrogens is 466 g/mol. The Labute approximate surface area is 210 Å². The number of carboxylic acid groups (broad SMARTS) is 1. The van der Waals surface area contributed by atoms with Crippen molar-refractivity contribution < 1.29 is 19.5 Å². The van der Waals surface area contributed by atoms with E-state index in [4.69, 9.17) is 11.6 Å². The average Bonchev–Trinajstić information content (AvgIpc) is 2.86. The molecule has 7 nitrogen and oxygen atoms in total. The van der Waals surface area contributed by atoms with Crippen molar-refractivity contribution in [3.05, 3.63) is 52.5 Å². The average molecular weight is 498 g/mol. The summed E-state index contributed by atoms with van der Waals surface area (Å²) in [7, 11) is 0. The van der Waals surface area contributed by atoms with Crippen LogP contribution in [0.15, 0.2) is 36.4 Å². The predicted molar refractivity (Wildman–Crippen MR) is 138 cm³/mol. The minimum Gasteiger partial charge on any atom is -0.481 e. The van der Waals surface area contributed by atoms with Crippen LogP contribution in [0.5, 0.6) is 0 Å². The number of amides is 2. The largest absolute Gasteiger partial charge is 0.481 e. The van der Waals surface area contributed by atoms with Crippen LogP contribution >= 0.6 is 11.6 Å². The second-order valence-electron chi connectivity index (χ2n) is 9.52. The Bertz CT molecular complexity index is 1110. The Kier molecular flexibility index (Phi) is 7.96. The van der Waals surface area contributed by atoms with Crippen LogP contribution in [0.1, 0.15) is 60.9 Å². The molecule has 1 aliphatic carbocycles. The van der Waals surface area contributed by atoms with Crippen molar-refractivity contribution in [2.45, 2.75) is 51.9 Å². The molecule has 35 heavy (non-hydrogen) atoms. The Morgan fingerprint density at radius 3 is 2.34 bits per heavy atom. The van der Waals surface area contributed by atoms with Crippen molar-refractivity contribution in [1.82, 2.24) is 0 Å². The van der Waals surface area contributed by atoms with Crippen molar-refractivity contribution in [2.24, 2.45) is 11.8 Å². The summed E-state index contributed by atoms with van der Waals surface area (Å²) >= 11 is 6.14. The molecule has 3 N–H and O–H groups in total. The first-order chi connectivity index (χ1) is 16.8. The maximum Gasteiger partial charge on any atom is 0.307 e. The molecule has 0 aromatic heterocycles. The first-order valence-corrected chi connectivity index (χ1v) is 12.7. The van der Waals surface area contributed by atoms with Crippen LogP contribution in [0.25, 0.3) is 0 Å². The van der Waals surface area contributed by atoms with Gasteiger partial charge in [0.25, 0.3) is 5.91 Å². The molecule has 8 heteroatoms.